The van der Waals surface area contributed by atoms with E-state index in [4.69, 9.17) is 4.74 Å². The number of anilines is 1. The summed E-state index contributed by atoms with van der Waals surface area (Å²) in [6.45, 7) is 0.323. The van der Waals surface area contributed by atoms with Gasteiger partial charge in [0.25, 0.3) is 5.91 Å². The second-order valence-corrected chi connectivity index (χ2v) is 6.23. The number of nitrogens with zero attached hydrogens (tertiary/aromatic N) is 2. The maximum Gasteiger partial charge on any atom is 0.258 e. The summed E-state index contributed by atoms with van der Waals surface area (Å²) in [5.41, 5.74) is 0.948. The van der Waals surface area contributed by atoms with Crippen LogP contribution in [0.3, 0.4) is 0 Å². The number of hydrogen-bond donors (Lipinski definition) is 0. The summed E-state index contributed by atoms with van der Waals surface area (Å²) in [5.74, 6) is -1.53. The van der Waals surface area contributed by atoms with Gasteiger partial charge in [0.15, 0.2) is 11.6 Å². The molecule has 4 nitrogen and oxygen atoms in total. The number of carbonyl (C=O) groups excluding carboxylic acids is 1. The lowest BCUT2D eigenvalue weighted by atomic mass is 10.00. The van der Waals surface area contributed by atoms with Crippen LogP contribution < -0.4 is 9.64 Å². The number of halogens is 2. The molecular formula is C21H16F2N2O2. The largest absolute Gasteiger partial charge is 0.439 e. The Kier molecular flexibility index (Phi) is 4.54. The molecule has 0 saturated heterocycles. The van der Waals surface area contributed by atoms with Crippen molar-refractivity contribution in [1.82, 2.24) is 4.98 Å². The molecule has 0 unspecified atom stereocenters. The minimum Gasteiger partial charge on any atom is -0.439 e. The van der Waals surface area contributed by atoms with E-state index in [1.807, 2.05) is 18.2 Å². The molecule has 0 aliphatic carbocycles. The van der Waals surface area contributed by atoms with Gasteiger partial charge in [-0.05, 0) is 42.7 Å². The number of amides is 1. The highest BCUT2D eigenvalue weighted by molar-refractivity contribution is 6.07. The second-order valence-electron chi connectivity index (χ2n) is 6.23. The highest BCUT2D eigenvalue weighted by Crippen LogP contribution is 2.33. The second kappa shape index (κ2) is 7.15. The fraction of sp³-hybridized carbons (Fsp3) is 0.143. The van der Waals surface area contributed by atoms with Gasteiger partial charge in [-0.1, -0.05) is 24.3 Å². The Balaban J connectivity index is 1.65. The van der Waals surface area contributed by atoms with E-state index in [1.165, 1.54) is 29.3 Å². The lowest BCUT2D eigenvalue weighted by Gasteiger charge is -2.30. The molecule has 0 N–H and O–H groups in total. The smallest absolute Gasteiger partial charge is 0.258 e. The van der Waals surface area contributed by atoms with E-state index in [2.05, 4.69) is 4.98 Å². The summed E-state index contributed by atoms with van der Waals surface area (Å²) in [4.78, 5) is 18.4. The SMILES string of the molecule is O=C(c1ccnc(Oc2ccccc2)c1)N1CCCc2ccc(F)c(F)c21. The van der Waals surface area contributed by atoms with Crippen LogP contribution in [0, 0.1) is 11.6 Å². The fourth-order valence-corrected chi connectivity index (χ4v) is 3.18. The first-order valence-electron chi connectivity index (χ1n) is 8.61. The van der Waals surface area contributed by atoms with Crippen molar-refractivity contribution < 1.29 is 18.3 Å². The maximum atomic E-state index is 14.4. The van der Waals surface area contributed by atoms with Crippen molar-refractivity contribution in [3.63, 3.8) is 0 Å². The van der Waals surface area contributed by atoms with E-state index in [0.29, 0.717) is 36.3 Å². The minimum absolute atomic E-state index is 0.0218. The first kappa shape index (κ1) is 17.1. The monoisotopic (exact) mass is 366 g/mol. The van der Waals surface area contributed by atoms with Crippen LogP contribution in [0.5, 0.6) is 11.6 Å². The third kappa shape index (κ3) is 3.38. The molecule has 136 valence electrons. The molecule has 0 atom stereocenters. The van der Waals surface area contributed by atoms with Crippen molar-refractivity contribution >= 4 is 11.6 Å². The molecule has 6 heteroatoms. The van der Waals surface area contributed by atoms with E-state index in [0.717, 1.165) is 6.07 Å². The van der Waals surface area contributed by atoms with Crippen LogP contribution in [0.2, 0.25) is 0 Å². The van der Waals surface area contributed by atoms with Crippen LogP contribution in [-0.2, 0) is 6.42 Å². The number of carbonyl (C=O) groups is 1. The van der Waals surface area contributed by atoms with Gasteiger partial charge >= 0.3 is 0 Å². The zero-order chi connectivity index (χ0) is 18.8. The highest BCUT2D eigenvalue weighted by atomic mass is 19.2. The lowest BCUT2D eigenvalue weighted by molar-refractivity contribution is 0.0983. The fourth-order valence-electron chi connectivity index (χ4n) is 3.18. The van der Waals surface area contributed by atoms with E-state index >= 15 is 0 Å². The Labute approximate surface area is 155 Å². The van der Waals surface area contributed by atoms with Crippen molar-refractivity contribution in [1.29, 1.82) is 0 Å². The number of pyridine rings is 1. The molecule has 0 fully saturated rings. The molecule has 0 radical (unpaired) electrons. The Hall–Kier alpha value is -3.28. The molecule has 0 saturated carbocycles. The number of ether oxygens (including phenoxy) is 1. The van der Waals surface area contributed by atoms with E-state index in [1.54, 1.807) is 12.1 Å². The van der Waals surface area contributed by atoms with Crippen molar-refractivity contribution in [3.05, 3.63) is 83.6 Å². The van der Waals surface area contributed by atoms with Gasteiger partial charge in [0, 0.05) is 24.4 Å². The molecule has 1 amide bonds. The van der Waals surface area contributed by atoms with Gasteiger partial charge in [-0.2, -0.15) is 0 Å². The zero-order valence-corrected chi connectivity index (χ0v) is 14.4. The van der Waals surface area contributed by atoms with Gasteiger partial charge in [-0.15, -0.1) is 0 Å². The molecule has 2 aromatic carbocycles. The summed E-state index contributed by atoms with van der Waals surface area (Å²) in [7, 11) is 0. The van der Waals surface area contributed by atoms with Gasteiger partial charge in [-0.3, -0.25) is 4.79 Å². The number of fused-ring (bicyclic) bond motifs is 1. The number of hydrogen-bond acceptors (Lipinski definition) is 3. The number of aryl methyl sites for hydroxylation is 1. The van der Waals surface area contributed by atoms with Crippen LogP contribution in [0.1, 0.15) is 22.3 Å². The Morgan fingerprint density at radius 3 is 2.70 bits per heavy atom. The molecule has 0 spiro atoms. The molecule has 4 rings (SSSR count). The zero-order valence-electron chi connectivity index (χ0n) is 14.4. The first-order chi connectivity index (χ1) is 13.1. The lowest BCUT2D eigenvalue weighted by Crippen LogP contribution is -2.36. The predicted molar refractivity (Wildman–Crippen MR) is 97.1 cm³/mol. The summed E-state index contributed by atoms with van der Waals surface area (Å²) in [5, 5.41) is 0. The molecular weight excluding hydrogens is 350 g/mol. The topological polar surface area (TPSA) is 42.4 Å². The summed E-state index contributed by atoms with van der Waals surface area (Å²) in [6, 6.07) is 14.7. The predicted octanol–water partition coefficient (Wildman–Crippen LogP) is 4.75. The number of para-hydroxylation sites is 1. The average molecular weight is 366 g/mol. The number of rotatable bonds is 3. The van der Waals surface area contributed by atoms with Crippen molar-refractivity contribution in [2.45, 2.75) is 12.8 Å². The quantitative estimate of drug-likeness (QED) is 0.672. The van der Waals surface area contributed by atoms with E-state index in [9.17, 15) is 13.6 Å². The van der Waals surface area contributed by atoms with Gasteiger partial charge in [0.05, 0.1) is 5.69 Å². The van der Waals surface area contributed by atoms with Gasteiger partial charge in [-0.25, -0.2) is 13.8 Å². The highest BCUT2D eigenvalue weighted by Gasteiger charge is 2.28. The molecule has 1 aliphatic heterocycles. The summed E-state index contributed by atoms with van der Waals surface area (Å²) < 4.78 is 33.7. The maximum absolute atomic E-state index is 14.4. The number of benzene rings is 2. The van der Waals surface area contributed by atoms with Gasteiger partial charge in [0.2, 0.25) is 5.88 Å². The standard InChI is InChI=1S/C21H16F2N2O2/c22-17-9-8-14-5-4-12-25(20(14)19(17)23)21(26)15-10-11-24-18(13-15)27-16-6-2-1-3-7-16/h1-3,6-11,13H,4-5,12H2. The van der Waals surface area contributed by atoms with Gasteiger partial charge in [0.1, 0.15) is 5.75 Å². The van der Waals surface area contributed by atoms with Crippen molar-refractivity contribution in [3.8, 4) is 11.6 Å². The van der Waals surface area contributed by atoms with Crippen LogP contribution >= 0.6 is 0 Å². The minimum atomic E-state index is -0.990. The van der Waals surface area contributed by atoms with E-state index < -0.39 is 17.5 Å². The van der Waals surface area contributed by atoms with E-state index in [-0.39, 0.29) is 11.6 Å². The van der Waals surface area contributed by atoms with Crippen molar-refractivity contribution in [2.75, 3.05) is 11.4 Å². The molecule has 0 bridgehead atoms. The van der Waals surface area contributed by atoms with Crippen molar-refractivity contribution in [2.24, 2.45) is 0 Å². The third-order valence-electron chi connectivity index (χ3n) is 4.44. The molecule has 2 heterocycles. The molecule has 1 aromatic heterocycles. The summed E-state index contributed by atoms with van der Waals surface area (Å²) in [6.07, 6.45) is 2.75. The first-order valence-corrected chi connectivity index (χ1v) is 8.61. The Morgan fingerprint density at radius 1 is 1.07 bits per heavy atom. The Morgan fingerprint density at radius 2 is 1.89 bits per heavy atom. The molecule has 3 aromatic rings. The third-order valence-corrected chi connectivity index (χ3v) is 4.44. The normalized spacial score (nSPS) is 13.2. The van der Waals surface area contributed by atoms with Gasteiger partial charge < -0.3 is 9.64 Å². The molecule has 27 heavy (non-hydrogen) atoms. The average Bonchev–Trinajstić information content (AvgIpc) is 2.71. The van der Waals surface area contributed by atoms with Crippen LogP contribution in [0.25, 0.3) is 0 Å². The number of aromatic nitrogens is 1. The molecule has 1 aliphatic rings. The van der Waals surface area contributed by atoms with Crippen LogP contribution in [-0.4, -0.2) is 17.4 Å². The van der Waals surface area contributed by atoms with Crippen LogP contribution in [0.15, 0.2) is 60.8 Å². The summed E-state index contributed by atoms with van der Waals surface area (Å²) >= 11 is 0. The Bertz CT molecular complexity index is 993. The van der Waals surface area contributed by atoms with Crippen LogP contribution in [0.4, 0.5) is 14.5 Å².